The van der Waals surface area contributed by atoms with Crippen molar-refractivity contribution in [2.45, 2.75) is 12.8 Å². The number of thiocarbonyl (C=S) groups is 1. The Balaban J connectivity index is 1.54. The van der Waals surface area contributed by atoms with Gasteiger partial charge in [0.15, 0.2) is 5.78 Å². The molecule has 34 heavy (non-hydrogen) atoms. The van der Waals surface area contributed by atoms with E-state index in [-0.39, 0.29) is 39.8 Å². The Hall–Kier alpha value is -4.24. The number of piperidine rings is 1. The number of hydrogen-bond acceptors (Lipinski definition) is 6. The van der Waals surface area contributed by atoms with Gasteiger partial charge < -0.3 is 25.2 Å². The van der Waals surface area contributed by atoms with E-state index in [2.05, 4.69) is 4.98 Å². The summed E-state index contributed by atoms with van der Waals surface area (Å²) in [5.74, 6) is -2.28. The van der Waals surface area contributed by atoms with Crippen LogP contribution in [0.1, 0.15) is 28.0 Å². The number of carbonyl (C=O) groups excluding carboxylic acids is 2. The number of aromatic carboxylic acids is 1. The third-order valence-corrected chi connectivity index (χ3v) is 5.86. The molecule has 0 aliphatic carbocycles. The molecule has 1 amide bonds. The lowest BCUT2D eigenvalue weighted by atomic mass is 10.00. The lowest BCUT2D eigenvalue weighted by Gasteiger charge is -2.28. The highest BCUT2D eigenvalue weighted by atomic mass is 32.1. The fraction of sp³-hybridized carbons (Fsp3) is 0.120. The SMILES string of the molecule is O=C1CC(=S)N(CCc2ccc(O)cc2)C(=O)/C1=C/c1ccc(-c2ccc(C(=O)O)c(O)c2)[nH]1. The van der Waals surface area contributed by atoms with E-state index in [1.165, 1.54) is 23.1 Å². The number of likely N-dealkylation sites (tertiary alicyclic amines) is 1. The van der Waals surface area contributed by atoms with Crippen molar-refractivity contribution in [1.29, 1.82) is 0 Å². The van der Waals surface area contributed by atoms with Gasteiger partial charge in [-0.1, -0.05) is 30.4 Å². The Morgan fingerprint density at radius 1 is 1.06 bits per heavy atom. The number of rotatable bonds is 6. The third kappa shape index (κ3) is 4.74. The zero-order valence-electron chi connectivity index (χ0n) is 17.8. The van der Waals surface area contributed by atoms with Gasteiger partial charge in [-0.15, -0.1) is 0 Å². The quantitative estimate of drug-likeness (QED) is 0.243. The number of carboxylic acid groups (broad SMARTS) is 1. The Morgan fingerprint density at radius 2 is 1.79 bits per heavy atom. The monoisotopic (exact) mass is 476 g/mol. The van der Waals surface area contributed by atoms with Gasteiger partial charge >= 0.3 is 5.97 Å². The first-order valence-electron chi connectivity index (χ1n) is 10.4. The Kier molecular flexibility index (Phi) is 6.29. The van der Waals surface area contributed by atoms with E-state index in [4.69, 9.17) is 17.3 Å². The molecule has 0 saturated carbocycles. The molecular weight excluding hydrogens is 456 g/mol. The van der Waals surface area contributed by atoms with Crippen LogP contribution in [-0.2, 0) is 16.0 Å². The van der Waals surface area contributed by atoms with Gasteiger partial charge in [-0.05, 0) is 54.5 Å². The minimum absolute atomic E-state index is 0.0109. The lowest BCUT2D eigenvalue weighted by Crippen LogP contribution is -2.45. The highest BCUT2D eigenvalue weighted by Crippen LogP contribution is 2.27. The van der Waals surface area contributed by atoms with Crippen LogP contribution in [0.3, 0.4) is 0 Å². The molecule has 9 heteroatoms. The fourth-order valence-corrected chi connectivity index (χ4v) is 3.98. The summed E-state index contributed by atoms with van der Waals surface area (Å²) in [5, 5.41) is 28.4. The summed E-state index contributed by atoms with van der Waals surface area (Å²) in [6, 6.07) is 14.2. The average molecular weight is 477 g/mol. The van der Waals surface area contributed by atoms with Gasteiger partial charge in [0.05, 0.1) is 17.0 Å². The number of carbonyl (C=O) groups is 3. The van der Waals surface area contributed by atoms with Gasteiger partial charge in [-0.25, -0.2) is 4.79 Å². The van der Waals surface area contributed by atoms with Crippen LogP contribution >= 0.6 is 12.2 Å². The van der Waals surface area contributed by atoms with Crippen LogP contribution in [0.15, 0.2) is 60.2 Å². The predicted molar refractivity (Wildman–Crippen MR) is 129 cm³/mol. The predicted octanol–water partition coefficient (Wildman–Crippen LogP) is 3.55. The van der Waals surface area contributed by atoms with E-state index in [9.17, 15) is 24.6 Å². The molecule has 2 aromatic carbocycles. The van der Waals surface area contributed by atoms with Crippen molar-refractivity contribution in [2.24, 2.45) is 0 Å². The molecule has 1 fully saturated rings. The molecule has 1 aliphatic rings. The lowest BCUT2D eigenvalue weighted by molar-refractivity contribution is -0.127. The zero-order valence-corrected chi connectivity index (χ0v) is 18.6. The first-order chi connectivity index (χ1) is 16.2. The normalized spacial score (nSPS) is 15.2. The number of nitrogens with zero attached hydrogens (tertiary/aromatic N) is 1. The van der Waals surface area contributed by atoms with Crippen LogP contribution in [0.4, 0.5) is 0 Å². The molecule has 4 rings (SSSR count). The number of amides is 1. The number of aromatic nitrogens is 1. The standard InChI is InChI=1S/C25H20N2O6S/c28-17-5-1-14(2-6-17)9-10-27-23(34)13-22(30)19(24(27)31)12-16-4-8-20(26-16)15-3-7-18(25(32)33)21(29)11-15/h1-8,11-12,26,28-29H,9-10,13H2,(H,32,33)/b19-12+. The summed E-state index contributed by atoms with van der Waals surface area (Å²) in [4.78, 5) is 41.5. The number of Topliss-reactive ketones (excluding diaryl/α,β-unsaturated/α-hetero) is 1. The Bertz CT molecular complexity index is 1340. The number of phenolic OH excluding ortho intramolecular Hbond substituents is 1. The summed E-state index contributed by atoms with van der Waals surface area (Å²) >= 11 is 5.29. The number of ketones is 1. The van der Waals surface area contributed by atoms with Gasteiger partial charge in [0.25, 0.3) is 5.91 Å². The first-order valence-corrected chi connectivity index (χ1v) is 10.8. The number of carboxylic acids is 1. The summed E-state index contributed by atoms with van der Waals surface area (Å²) in [6.45, 7) is 0.304. The highest BCUT2D eigenvalue weighted by molar-refractivity contribution is 7.80. The van der Waals surface area contributed by atoms with Crippen molar-refractivity contribution >= 4 is 40.9 Å². The van der Waals surface area contributed by atoms with Crippen LogP contribution in [0.5, 0.6) is 11.5 Å². The second-order valence-electron chi connectivity index (χ2n) is 7.79. The number of benzene rings is 2. The van der Waals surface area contributed by atoms with Gasteiger partial charge in [-0.2, -0.15) is 0 Å². The molecule has 3 aromatic rings. The van der Waals surface area contributed by atoms with Crippen LogP contribution in [0.2, 0.25) is 0 Å². The van der Waals surface area contributed by atoms with Crippen LogP contribution in [0.25, 0.3) is 17.3 Å². The second-order valence-corrected chi connectivity index (χ2v) is 8.26. The minimum atomic E-state index is -1.23. The average Bonchev–Trinajstić information content (AvgIpc) is 3.26. The number of aromatic hydroxyl groups is 2. The van der Waals surface area contributed by atoms with Crippen molar-refractivity contribution in [3.8, 4) is 22.8 Å². The van der Waals surface area contributed by atoms with Crippen molar-refractivity contribution < 1.29 is 29.7 Å². The maximum Gasteiger partial charge on any atom is 0.339 e. The molecule has 172 valence electrons. The van der Waals surface area contributed by atoms with E-state index in [1.807, 2.05) is 0 Å². The number of hydrogen-bond donors (Lipinski definition) is 4. The Morgan fingerprint density at radius 3 is 2.47 bits per heavy atom. The smallest absolute Gasteiger partial charge is 0.339 e. The van der Waals surface area contributed by atoms with Crippen molar-refractivity contribution in [3.05, 3.63) is 77.0 Å². The first kappa shape index (κ1) is 22.9. The molecule has 4 N–H and O–H groups in total. The van der Waals surface area contributed by atoms with E-state index >= 15 is 0 Å². The highest BCUT2D eigenvalue weighted by Gasteiger charge is 2.33. The molecule has 8 nitrogen and oxygen atoms in total. The summed E-state index contributed by atoms with van der Waals surface area (Å²) in [7, 11) is 0. The van der Waals surface area contributed by atoms with Crippen molar-refractivity contribution in [2.75, 3.05) is 6.54 Å². The van der Waals surface area contributed by atoms with E-state index in [0.717, 1.165) is 5.56 Å². The van der Waals surface area contributed by atoms with Gasteiger partial charge in [0.1, 0.15) is 17.1 Å². The maximum atomic E-state index is 13.1. The van der Waals surface area contributed by atoms with Crippen molar-refractivity contribution in [1.82, 2.24) is 9.88 Å². The minimum Gasteiger partial charge on any atom is -0.508 e. The fourth-order valence-electron chi connectivity index (χ4n) is 3.68. The topological polar surface area (TPSA) is 131 Å². The molecule has 0 atom stereocenters. The molecule has 1 aromatic heterocycles. The summed E-state index contributed by atoms with van der Waals surface area (Å²) in [5.41, 5.74) is 2.35. The van der Waals surface area contributed by atoms with Crippen LogP contribution < -0.4 is 0 Å². The molecule has 2 heterocycles. The van der Waals surface area contributed by atoms with Gasteiger partial charge in [0.2, 0.25) is 0 Å². The largest absolute Gasteiger partial charge is 0.508 e. The van der Waals surface area contributed by atoms with E-state index < -0.39 is 11.9 Å². The van der Waals surface area contributed by atoms with E-state index in [0.29, 0.717) is 29.9 Å². The number of aromatic amines is 1. The zero-order chi connectivity index (χ0) is 24.4. The number of nitrogens with one attached hydrogen (secondary N) is 1. The van der Waals surface area contributed by atoms with Crippen molar-refractivity contribution in [3.63, 3.8) is 0 Å². The number of H-pyrrole nitrogens is 1. The molecule has 0 radical (unpaired) electrons. The van der Waals surface area contributed by atoms with Crippen LogP contribution in [-0.4, -0.2) is 54.4 Å². The second kappa shape index (κ2) is 9.32. The summed E-state index contributed by atoms with van der Waals surface area (Å²) in [6.07, 6.45) is 1.94. The third-order valence-electron chi connectivity index (χ3n) is 5.50. The molecule has 0 spiro atoms. The van der Waals surface area contributed by atoms with Gasteiger partial charge in [0, 0.05) is 23.5 Å². The maximum absolute atomic E-state index is 13.1. The molecule has 0 unspecified atom stereocenters. The van der Waals surface area contributed by atoms with Crippen LogP contribution in [0, 0.1) is 0 Å². The molecule has 0 bridgehead atoms. The molecule has 1 saturated heterocycles. The molecule has 1 aliphatic heterocycles. The number of phenols is 2. The Labute approximate surface area is 199 Å². The molecular formula is C25H20N2O6S. The van der Waals surface area contributed by atoms with Gasteiger partial charge in [-0.3, -0.25) is 9.59 Å². The summed E-state index contributed by atoms with van der Waals surface area (Å²) < 4.78 is 0. The van der Waals surface area contributed by atoms with E-state index in [1.54, 1.807) is 42.5 Å².